The Bertz CT molecular complexity index is 797. The number of aliphatic imine (C=N–C) groups is 1. The molecule has 164 valence electrons. The molecule has 30 heavy (non-hydrogen) atoms. The zero-order valence-electron chi connectivity index (χ0n) is 18.2. The second-order valence-electron chi connectivity index (χ2n) is 7.65. The van der Waals surface area contributed by atoms with Gasteiger partial charge in [0, 0.05) is 50.6 Å². The molecule has 0 bridgehead atoms. The third kappa shape index (κ3) is 7.36. The first-order valence-electron chi connectivity index (χ1n) is 10.3. The monoisotopic (exact) mass is 523 g/mol. The lowest BCUT2D eigenvalue weighted by Gasteiger charge is -2.36. The minimum absolute atomic E-state index is 0. The van der Waals surface area contributed by atoms with E-state index >= 15 is 0 Å². The van der Waals surface area contributed by atoms with E-state index in [1.807, 2.05) is 12.1 Å². The number of nitrogens with two attached hydrogens (primary N) is 1. The third-order valence-corrected chi connectivity index (χ3v) is 5.22. The van der Waals surface area contributed by atoms with Gasteiger partial charge in [-0.15, -0.1) is 24.0 Å². The maximum absolute atomic E-state index is 6.04. The fraction of sp³-hybridized carbons (Fsp3) is 0.435. The molecule has 0 aliphatic carbocycles. The van der Waals surface area contributed by atoms with Crippen LogP contribution in [-0.2, 0) is 0 Å². The standard InChI is InChI=1S/C23H33N5O.HI/c1-18-15-19(2)17-20(16-18)26-23(24)25-9-4-10-27-11-13-28(14-12-27)21-5-7-22(29-3)8-6-21;/h5-8,15-17H,4,9-14H2,1-3H3,(H3,24,25,26);1H. The summed E-state index contributed by atoms with van der Waals surface area (Å²) in [6, 6.07) is 14.6. The number of nitrogens with zero attached hydrogens (tertiary/aromatic N) is 3. The van der Waals surface area contributed by atoms with Crippen molar-refractivity contribution in [2.75, 3.05) is 56.6 Å². The van der Waals surface area contributed by atoms with E-state index in [9.17, 15) is 0 Å². The van der Waals surface area contributed by atoms with Gasteiger partial charge in [-0.05, 0) is 67.8 Å². The summed E-state index contributed by atoms with van der Waals surface area (Å²) in [4.78, 5) is 9.41. The van der Waals surface area contributed by atoms with Gasteiger partial charge < -0.3 is 20.7 Å². The molecule has 1 fully saturated rings. The number of nitrogens with one attached hydrogen (secondary N) is 1. The van der Waals surface area contributed by atoms with Gasteiger partial charge >= 0.3 is 0 Å². The SMILES string of the molecule is COc1ccc(N2CCN(CCCN=C(N)Nc3cc(C)cc(C)c3)CC2)cc1.I. The average Bonchev–Trinajstić information content (AvgIpc) is 2.71. The van der Waals surface area contributed by atoms with E-state index in [4.69, 9.17) is 10.5 Å². The second kappa shape index (κ2) is 12.0. The molecule has 1 aliphatic rings. The van der Waals surface area contributed by atoms with Crippen LogP contribution in [-0.4, -0.2) is 57.2 Å². The van der Waals surface area contributed by atoms with Crippen LogP contribution in [0.5, 0.6) is 5.75 Å². The summed E-state index contributed by atoms with van der Waals surface area (Å²) in [6.07, 6.45) is 1.01. The van der Waals surface area contributed by atoms with E-state index in [0.29, 0.717) is 5.96 Å². The largest absolute Gasteiger partial charge is 0.497 e. The molecule has 0 radical (unpaired) electrons. The van der Waals surface area contributed by atoms with E-state index in [1.54, 1.807) is 7.11 Å². The highest BCUT2D eigenvalue weighted by Crippen LogP contribution is 2.20. The Balaban J connectivity index is 0.00000320. The van der Waals surface area contributed by atoms with Crippen LogP contribution in [0.25, 0.3) is 0 Å². The highest BCUT2D eigenvalue weighted by molar-refractivity contribution is 14.0. The van der Waals surface area contributed by atoms with E-state index < -0.39 is 0 Å². The summed E-state index contributed by atoms with van der Waals surface area (Å²) < 4.78 is 5.24. The number of piperazine rings is 1. The molecule has 2 aromatic rings. The number of aryl methyl sites for hydroxylation is 2. The number of ether oxygens (including phenoxy) is 1. The minimum Gasteiger partial charge on any atom is -0.497 e. The number of rotatable bonds is 7. The average molecular weight is 523 g/mol. The topological polar surface area (TPSA) is 66.1 Å². The predicted octanol–water partition coefficient (Wildman–Crippen LogP) is 3.87. The number of anilines is 2. The first-order chi connectivity index (χ1) is 14.0. The number of guanidine groups is 1. The van der Waals surface area contributed by atoms with Gasteiger partial charge in [-0.25, -0.2) is 0 Å². The Morgan fingerprint density at radius 3 is 2.27 bits per heavy atom. The van der Waals surface area contributed by atoms with Crippen molar-refractivity contribution < 1.29 is 4.74 Å². The van der Waals surface area contributed by atoms with Gasteiger partial charge in [-0.2, -0.15) is 0 Å². The summed E-state index contributed by atoms with van der Waals surface area (Å²) in [7, 11) is 1.70. The lowest BCUT2D eigenvalue weighted by atomic mass is 10.1. The maximum atomic E-state index is 6.04. The zero-order chi connectivity index (χ0) is 20.6. The molecule has 0 spiro atoms. The van der Waals surface area contributed by atoms with Gasteiger partial charge in [0.1, 0.15) is 5.75 Å². The van der Waals surface area contributed by atoms with Crippen molar-refractivity contribution in [3.05, 3.63) is 53.6 Å². The molecule has 0 aromatic heterocycles. The normalized spacial score (nSPS) is 14.9. The quantitative estimate of drug-likeness (QED) is 0.250. The fourth-order valence-electron chi connectivity index (χ4n) is 3.75. The minimum atomic E-state index is 0. The van der Waals surface area contributed by atoms with Gasteiger partial charge in [0.25, 0.3) is 0 Å². The van der Waals surface area contributed by atoms with Crippen LogP contribution in [0.3, 0.4) is 0 Å². The van der Waals surface area contributed by atoms with Gasteiger partial charge in [-0.1, -0.05) is 6.07 Å². The molecule has 3 rings (SSSR count). The summed E-state index contributed by atoms with van der Waals surface area (Å²) in [5.74, 6) is 1.39. The predicted molar refractivity (Wildman–Crippen MR) is 138 cm³/mol. The smallest absolute Gasteiger partial charge is 0.193 e. The van der Waals surface area contributed by atoms with Crippen LogP contribution in [0.15, 0.2) is 47.5 Å². The lowest BCUT2D eigenvalue weighted by molar-refractivity contribution is 0.256. The molecule has 7 heteroatoms. The number of benzene rings is 2. The van der Waals surface area contributed by atoms with Crippen molar-refractivity contribution in [3.63, 3.8) is 0 Å². The highest BCUT2D eigenvalue weighted by atomic mass is 127. The van der Waals surface area contributed by atoms with E-state index in [0.717, 1.165) is 57.1 Å². The van der Waals surface area contributed by atoms with E-state index in [1.165, 1.54) is 16.8 Å². The van der Waals surface area contributed by atoms with Crippen molar-refractivity contribution in [3.8, 4) is 5.75 Å². The van der Waals surface area contributed by atoms with Crippen LogP contribution < -0.4 is 20.7 Å². The molecule has 3 N–H and O–H groups in total. The first-order valence-corrected chi connectivity index (χ1v) is 10.3. The highest BCUT2D eigenvalue weighted by Gasteiger charge is 2.16. The second-order valence-corrected chi connectivity index (χ2v) is 7.65. The Kier molecular flexibility index (Phi) is 9.71. The molecule has 6 nitrogen and oxygen atoms in total. The molecule has 2 aromatic carbocycles. The Labute approximate surface area is 197 Å². The molecular formula is C23H34IN5O. The zero-order valence-corrected chi connectivity index (χ0v) is 20.6. The number of methoxy groups -OCH3 is 1. The summed E-state index contributed by atoms with van der Waals surface area (Å²) >= 11 is 0. The van der Waals surface area contributed by atoms with Crippen LogP contribution in [0.4, 0.5) is 11.4 Å². The number of hydrogen-bond acceptors (Lipinski definition) is 4. The number of halogens is 1. The van der Waals surface area contributed by atoms with E-state index in [-0.39, 0.29) is 24.0 Å². The first kappa shape index (κ1) is 24.3. The number of hydrogen-bond donors (Lipinski definition) is 2. The van der Waals surface area contributed by atoms with Crippen LogP contribution in [0.1, 0.15) is 17.5 Å². The summed E-state index contributed by atoms with van der Waals surface area (Å²) in [5, 5.41) is 3.19. The molecule has 0 unspecified atom stereocenters. The Morgan fingerprint density at radius 1 is 1.03 bits per heavy atom. The lowest BCUT2D eigenvalue weighted by Crippen LogP contribution is -2.46. The molecule has 0 amide bonds. The van der Waals surface area contributed by atoms with Crippen LogP contribution in [0, 0.1) is 13.8 Å². The van der Waals surface area contributed by atoms with E-state index in [2.05, 4.69) is 64.3 Å². The van der Waals surface area contributed by atoms with Crippen molar-refractivity contribution in [1.29, 1.82) is 0 Å². The van der Waals surface area contributed by atoms with Gasteiger partial charge in [-0.3, -0.25) is 9.89 Å². The van der Waals surface area contributed by atoms with Crippen LogP contribution in [0.2, 0.25) is 0 Å². The maximum Gasteiger partial charge on any atom is 0.193 e. The molecule has 0 atom stereocenters. The van der Waals surface area contributed by atoms with Crippen molar-refractivity contribution in [2.24, 2.45) is 10.7 Å². The molecular weight excluding hydrogens is 489 g/mol. The molecule has 1 heterocycles. The molecule has 1 aliphatic heterocycles. The molecule has 1 saturated heterocycles. The van der Waals surface area contributed by atoms with Gasteiger partial charge in [0.05, 0.1) is 7.11 Å². The van der Waals surface area contributed by atoms with Crippen molar-refractivity contribution >= 4 is 41.3 Å². The molecule has 0 saturated carbocycles. The van der Waals surface area contributed by atoms with Crippen LogP contribution >= 0.6 is 24.0 Å². The Morgan fingerprint density at radius 2 is 1.67 bits per heavy atom. The third-order valence-electron chi connectivity index (χ3n) is 5.22. The van der Waals surface area contributed by atoms with Crippen molar-refractivity contribution in [1.82, 2.24) is 4.90 Å². The van der Waals surface area contributed by atoms with Gasteiger partial charge in [0.2, 0.25) is 0 Å². The van der Waals surface area contributed by atoms with Gasteiger partial charge in [0.15, 0.2) is 5.96 Å². The summed E-state index contributed by atoms with van der Waals surface area (Å²) in [5.41, 5.74) is 10.7. The Hall–Kier alpha value is -2.00. The van der Waals surface area contributed by atoms with Crippen molar-refractivity contribution in [2.45, 2.75) is 20.3 Å². The summed E-state index contributed by atoms with van der Waals surface area (Å²) in [6.45, 7) is 10.2. The fourth-order valence-corrected chi connectivity index (χ4v) is 3.75.